The normalized spacial score (nSPS) is 13.7. The van der Waals surface area contributed by atoms with Gasteiger partial charge in [-0.25, -0.2) is 4.99 Å². The minimum absolute atomic E-state index is 0. The Balaban J connectivity index is 0. The number of ketones is 1. The number of alkyl halides is 3. The summed E-state index contributed by atoms with van der Waals surface area (Å²) in [7, 11) is 0. The summed E-state index contributed by atoms with van der Waals surface area (Å²) in [6, 6.07) is 10.5. The molecule has 0 bridgehead atoms. The molecule has 218 valence electrons. The molecular formula is C32H46F3NO3. The molecular weight excluding hydrogens is 503 g/mol. The van der Waals surface area contributed by atoms with Gasteiger partial charge < -0.3 is 9.52 Å². The number of nitrogens with zero attached hydrogens (tertiary/aromatic N) is 1. The highest BCUT2D eigenvalue weighted by Gasteiger charge is 2.36. The van der Waals surface area contributed by atoms with Gasteiger partial charge in [0.05, 0.1) is 23.8 Å². The van der Waals surface area contributed by atoms with Gasteiger partial charge in [0.15, 0.2) is 5.78 Å². The third-order valence-corrected chi connectivity index (χ3v) is 5.76. The van der Waals surface area contributed by atoms with Crippen molar-refractivity contribution in [3.63, 3.8) is 0 Å². The van der Waals surface area contributed by atoms with E-state index in [1.54, 1.807) is 6.92 Å². The molecule has 1 unspecified atom stereocenters. The zero-order chi connectivity index (χ0) is 28.2. The monoisotopic (exact) mass is 549 g/mol. The van der Waals surface area contributed by atoms with Crippen LogP contribution in [-0.2, 0) is 4.79 Å². The van der Waals surface area contributed by atoms with Crippen LogP contribution in [0, 0.1) is 6.92 Å². The number of aliphatic hydroxyl groups excluding tert-OH is 1. The summed E-state index contributed by atoms with van der Waals surface area (Å²) in [6.07, 6.45) is 4.29. The largest absolute Gasteiger partial charge is 0.510 e. The molecule has 2 aromatic rings. The van der Waals surface area contributed by atoms with Crippen LogP contribution in [0.3, 0.4) is 0 Å². The molecule has 0 saturated carbocycles. The van der Waals surface area contributed by atoms with Crippen molar-refractivity contribution in [1.82, 2.24) is 0 Å². The number of Topliss-reactive ketones (excluding diaryl/α,β-unsaturated/α-hetero) is 1. The van der Waals surface area contributed by atoms with Gasteiger partial charge in [0.25, 0.3) is 0 Å². The highest BCUT2D eigenvalue weighted by atomic mass is 19.4. The molecule has 0 fully saturated rings. The number of hydrogen-bond acceptors (Lipinski definition) is 4. The highest BCUT2D eigenvalue weighted by molar-refractivity contribution is 6.05. The van der Waals surface area contributed by atoms with Crippen molar-refractivity contribution in [1.29, 1.82) is 0 Å². The van der Waals surface area contributed by atoms with Crippen molar-refractivity contribution in [3.05, 3.63) is 88.7 Å². The highest BCUT2D eigenvalue weighted by Crippen LogP contribution is 2.31. The van der Waals surface area contributed by atoms with E-state index in [0.717, 1.165) is 25.8 Å². The summed E-state index contributed by atoms with van der Waals surface area (Å²) in [5.41, 5.74) is 1.82. The van der Waals surface area contributed by atoms with Crippen molar-refractivity contribution in [2.24, 2.45) is 4.99 Å². The van der Waals surface area contributed by atoms with E-state index in [2.05, 4.69) is 50.0 Å². The second kappa shape index (κ2) is 18.0. The quantitative estimate of drug-likeness (QED) is 0.146. The number of aliphatic imine (C=N–C) groups is 1. The summed E-state index contributed by atoms with van der Waals surface area (Å²) in [4.78, 5) is 15.1. The molecule has 1 aromatic carbocycles. The van der Waals surface area contributed by atoms with Gasteiger partial charge in [-0.3, -0.25) is 4.79 Å². The zero-order valence-electron chi connectivity index (χ0n) is 22.7. The van der Waals surface area contributed by atoms with Crippen molar-refractivity contribution in [3.8, 4) is 0 Å². The number of furan rings is 1. The molecule has 1 aromatic heterocycles. The molecule has 7 heteroatoms. The first-order valence-corrected chi connectivity index (χ1v) is 12.4. The lowest BCUT2D eigenvalue weighted by molar-refractivity contribution is -0.113. The summed E-state index contributed by atoms with van der Waals surface area (Å²) >= 11 is 0. The first kappa shape index (κ1) is 37.8. The van der Waals surface area contributed by atoms with Crippen molar-refractivity contribution >= 4 is 17.1 Å². The number of carbonyl (C=O) groups is 1. The van der Waals surface area contributed by atoms with Crippen LogP contribution in [-0.4, -0.2) is 22.8 Å². The number of halogens is 3. The molecule has 0 aliphatic carbocycles. The number of rotatable bonds is 9. The van der Waals surface area contributed by atoms with Crippen LogP contribution in [0.2, 0.25) is 0 Å². The molecule has 0 amide bonds. The smallest absolute Gasteiger partial charge is 0.418 e. The third kappa shape index (κ3) is 12.4. The Morgan fingerprint density at radius 2 is 1.77 bits per heavy atom. The van der Waals surface area contributed by atoms with Gasteiger partial charge >= 0.3 is 6.18 Å². The Bertz CT molecular complexity index is 1130. The molecule has 0 spiro atoms. The maximum atomic E-state index is 13.4. The van der Waals surface area contributed by atoms with Crippen LogP contribution in [0.25, 0.3) is 5.57 Å². The molecule has 0 radical (unpaired) electrons. The van der Waals surface area contributed by atoms with E-state index in [1.807, 2.05) is 0 Å². The minimum Gasteiger partial charge on any atom is -0.510 e. The lowest BCUT2D eigenvalue weighted by Gasteiger charge is -2.14. The number of aryl methyl sites for hydroxylation is 1. The van der Waals surface area contributed by atoms with E-state index < -0.39 is 34.7 Å². The second-order valence-electron chi connectivity index (χ2n) is 8.81. The van der Waals surface area contributed by atoms with Crippen molar-refractivity contribution in [2.75, 3.05) is 0 Å². The number of carbonyl (C=O) groups excluding carboxylic acids is 1. The fourth-order valence-corrected chi connectivity index (χ4v) is 3.83. The zero-order valence-corrected chi connectivity index (χ0v) is 22.7. The fraction of sp³-hybridized carbons (Fsp3) is 0.438. The van der Waals surface area contributed by atoms with Gasteiger partial charge in [-0.05, 0) is 69.7 Å². The molecule has 2 rings (SSSR count). The van der Waals surface area contributed by atoms with E-state index in [0.29, 0.717) is 11.1 Å². The van der Waals surface area contributed by atoms with E-state index in [9.17, 15) is 23.1 Å². The molecule has 1 atom stereocenters. The van der Waals surface area contributed by atoms with Crippen molar-refractivity contribution in [2.45, 2.75) is 94.7 Å². The lowest BCUT2D eigenvalue weighted by atomic mass is 9.91. The topological polar surface area (TPSA) is 62.8 Å². The third-order valence-electron chi connectivity index (χ3n) is 5.76. The Hall–Kier alpha value is -3.35. The molecule has 1 heterocycles. The SMILES string of the molecule is C.C.CCCC(CC)c1cccc(C)c1.C\C=C(/C=C(\C(C)=N\C(C(C)=O)=C(/C)O)C(F)(F)F)c1ccoc1. The summed E-state index contributed by atoms with van der Waals surface area (Å²) in [6.45, 7) is 11.7. The first-order valence-electron chi connectivity index (χ1n) is 12.4. The van der Waals surface area contributed by atoms with Crippen LogP contribution in [0.5, 0.6) is 0 Å². The van der Waals surface area contributed by atoms with E-state index in [1.165, 1.54) is 62.0 Å². The summed E-state index contributed by atoms with van der Waals surface area (Å²) in [5.74, 6) is -0.300. The van der Waals surface area contributed by atoms with Crippen LogP contribution < -0.4 is 0 Å². The molecule has 0 saturated heterocycles. The fourth-order valence-electron chi connectivity index (χ4n) is 3.83. The van der Waals surface area contributed by atoms with E-state index in [4.69, 9.17) is 4.42 Å². The van der Waals surface area contributed by atoms with Gasteiger partial charge in [0.2, 0.25) is 0 Å². The molecule has 0 aliphatic rings. The average Bonchev–Trinajstić information content (AvgIpc) is 3.35. The van der Waals surface area contributed by atoms with Gasteiger partial charge in [0, 0.05) is 12.5 Å². The number of benzene rings is 1. The molecule has 0 aliphatic heterocycles. The van der Waals surface area contributed by atoms with Crippen LogP contribution in [0.15, 0.2) is 81.4 Å². The Kier molecular flexibility index (Phi) is 17.5. The number of allylic oxidation sites excluding steroid dienone is 6. The molecule has 39 heavy (non-hydrogen) atoms. The van der Waals surface area contributed by atoms with Gasteiger partial charge in [-0.15, -0.1) is 0 Å². The average molecular weight is 550 g/mol. The standard InChI is InChI=1S/C17H18F3NO3.C13H20.2CH4/c1-5-13(14-6-7-24-9-14)8-15(17(18,19)20)10(2)21-16(11(3)22)12(4)23;1-4-7-12(5-2)13-9-6-8-11(3)10-13;;/h5-9,22H,1-4H3;6,8-10,12H,4-5,7H2,1-3H3;2*1H4/b13-5+,15-8+,16-11+,21-10+;;;. The van der Waals surface area contributed by atoms with Gasteiger partial charge in [-0.2, -0.15) is 13.2 Å². The van der Waals surface area contributed by atoms with Crippen LogP contribution in [0.1, 0.15) is 98.3 Å². The summed E-state index contributed by atoms with van der Waals surface area (Å²) < 4.78 is 45.1. The maximum absolute atomic E-state index is 13.4. The predicted octanol–water partition coefficient (Wildman–Crippen LogP) is 10.6. The Morgan fingerprint density at radius 1 is 1.13 bits per heavy atom. The van der Waals surface area contributed by atoms with E-state index in [-0.39, 0.29) is 14.9 Å². The first-order chi connectivity index (χ1) is 17.3. The molecule has 1 N–H and O–H groups in total. The summed E-state index contributed by atoms with van der Waals surface area (Å²) in [5, 5.41) is 9.42. The second-order valence-corrected chi connectivity index (χ2v) is 8.81. The van der Waals surface area contributed by atoms with Crippen molar-refractivity contribution < 1.29 is 27.5 Å². The van der Waals surface area contributed by atoms with Crippen LogP contribution >= 0.6 is 0 Å². The van der Waals surface area contributed by atoms with Gasteiger partial charge in [-0.1, -0.05) is 71.0 Å². The van der Waals surface area contributed by atoms with Crippen LogP contribution in [0.4, 0.5) is 13.2 Å². The maximum Gasteiger partial charge on any atom is 0.418 e. The van der Waals surface area contributed by atoms with E-state index >= 15 is 0 Å². The number of aliphatic hydroxyl groups is 1. The Morgan fingerprint density at radius 3 is 2.18 bits per heavy atom. The minimum atomic E-state index is -4.68. The Labute approximate surface area is 233 Å². The molecule has 4 nitrogen and oxygen atoms in total. The lowest BCUT2D eigenvalue weighted by Crippen LogP contribution is -2.19. The predicted molar refractivity (Wildman–Crippen MR) is 158 cm³/mol. The number of hydrogen-bond donors (Lipinski definition) is 1. The van der Waals surface area contributed by atoms with Gasteiger partial charge in [0.1, 0.15) is 11.5 Å².